The molecule has 0 aliphatic carbocycles. The van der Waals surface area contributed by atoms with Crippen LogP contribution >= 0.6 is 34.7 Å². The van der Waals surface area contributed by atoms with Crippen LogP contribution in [-0.2, 0) is 4.74 Å². The van der Waals surface area contributed by atoms with Gasteiger partial charge >= 0.3 is 5.97 Å². The summed E-state index contributed by atoms with van der Waals surface area (Å²) in [4.78, 5) is 30.0. The van der Waals surface area contributed by atoms with Crippen molar-refractivity contribution in [3.05, 3.63) is 27.5 Å². The van der Waals surface area contributed by atoms with Crippen molar-refractivity contribution >= 4 is 45.9 Å². The minimum absolute atomic E-state index is 0.161. The van der Waals surface area contributed by atoms with Gasteiger partial charge in [0.2, 0.25) is 5.01 Å². The van der Waals surface area contributed by atoms with Crippen molar-refractivity contribution in [3.8, 4) is 17.0 Å². The Hall–Kier alpha value is -1.77. The van der Waals surface area contributed by atoms with Crippen LogP contribution in [0.3, 0.4) is 0 Å². The van der Waals surface area contributed by atoms with Gasteiger partial charge in [-0.2, -0.15) is 0 Å². The second-order valence-corrected chi connectivity index (χ2v) is 7.24. The number of esters is 1. The topological polar surface area (TPSA) is 68.7 Å². The molecule has 0 saturated heterocycles. The number of carbonyl (C=O) groups is 2. The number of benzene rings is 1. The Morgan fingerprint density at radius 3 is 2.68 bits per heavy atom. The van der Waals surface area contributed by atoms with Gasteiger partial charge in [-0.05, 0) is 30.8 Å². The molecule has 0 fully saturated rings. The average Bonchev–Trinajstić information content (AvgIpc) is 3.06. The first-order valence-corrected chi connectivity index (χ1v) is 9.34. The number of thioether (sulfide) groups is 1. The van der Waals surface area contributed by atoms with Gasteiger partial charge < -0.3 is 14.4 Å². The zero-order chi connectivity index (χ0) is 18.6. The average molecular weight is 401 g/mol. The van der Waals surface area contributed by atoms with Gasteiger partial charge in [-0.1, -0.05) is 11.6 Å². The summed E-state index contributed by atoms with van der Waals surface area (Å²) >= 11 is 8.53. The van der Waals surface area contributed by atoms with E-state index in [4.69, 9.17) is 21.1 Å². The van der Waals surface area contributed by atoms with E-state index in [1.54, 1.807) is 38.5 Å². The molecule has 0 atom stereocenters. The highest BCUT2D eigenvalue weighted by Crippen LogP contribution is 2.40. The van der Waals surface area contributed by atoms with Crippen LogP contribution < -0.4 is 4.74 Å². The van der Waals surface area contributed by atoms with Crippen molar-refractivity contribution in [2.75, 3.05) is 27.8 Å². The van der Waals surface area contributed by atoms with Crippen molar-refractivity contribution in [3.63, 3.8) is 0 Å². The van der Waals surface area contributed by atoms with Gasteiger partial charge in [-0.25, -0.2) is 9.78 Å². The molecule has 0 unspecified atom stereocenters. The van der Waals surface area contributed by atoms with Crippen LogP contribution in [0.4, 0.5) is 4.79 Å². The number of hydrogen-bond donors (Lipinski definition) is 0. The SMILES string of the molecule is CCOC(=O)c1nc(-c2cc(Cl)c(SC(=O)N(C)C)c(OC)c2)cs1. The first-order valence-electron chi connectivity index (χ1n) is 7.27. The molecular weight excluding hydrogens is 384 g/mol. The standard InChI is InChI=1S/C16H17ClN2O4S2/c1-5-23-15(20)14-18-11(8-24-14)9-6-10(17)13(12(7-9)22-4)25-16(21)19(2)3/h6-8H,5H2,1-4H3. The number of amides is 1. The third-order valence-corrected chi connectivity index (χ3v) is 5.43. The number of nitrogens with zero attached hydrogens (tertiary/aromatic N) is 2. The number of methoxy groups -OCH3 is 1. The molecule has 134 valence electrons. The molecule has 0 N–H and O–H groups in total. The molecule has 2 rings (SSSR count). The fourth-order valence-electron chi connectivity index (χ4n) is 1.84. The smallest absolute Gasteiger partial charge is 0.367 e. The van der Waals surface area contributed by atoms with Crippen LogP contribution in [0, 0.1) is 0 Å². The van der Waals surface area contributed by atoms with Crippen molar-refractivity contribution in [1.29, 1.82) is 0 Å². The van der Waals surface area contributed by atoms with E-state index in [2.05, 4.69) is 4.98 Å². The lowest BCUT2D eigenvalue weighted by Crippen LogP contribution is -2.16. The molecule has 0 radical (unpaired) electrons. The largest absolute Gasteiger partial charge is 0.495 e. The number of thiazole rings is 1. The molecule has 1 amide bonds. The van der Waals surface area contributed by atoms with Gasteiger partial charge in [0.05, 0.1) is 29.3 Å². The minimum atomic E-state index is -0.458. The fourth-order valence-corrected chi connectivity index (χ4v) is 3.64. The predicted octanol–water partition coefficient (Wildman–Crippen LogP) is 4.42. The Balaban J connectivity index is 2.36. The van der Waals surface area contributed by atoms with E-state index < -0.39 is 5.97 Å². The lowest BCUT2D eigenvalue weighted by molar-refractivity contribution is 0.0526. The third kappa shape index (κ3) is 4.65. The quantitative estimate of drug-likeness (QED) is 0.546. The highest BCUT2D eigenvalue weighted by molar-refractivity contribution is 8.13. The molecule has 0 saturated carbocycles. The number of carbonyl (C=O) groups excluding carboxylic acids is 2. The molecule has 0 spiro atoms. The molecule has 1 aromatic heterocycles. The van der Waals surface area contributed by atoms with Crippen molar-refractivity contribution < 1.29 is 19.1 Å². The molecule has 6 nitrogen and oxygen atoms in total. The van der Waals surface area contributed by atoms with Gasteiger partial charge in [-0.3, -0.25) is 4.79 Å². The van der Waals surface area contributed by atoms with E-state index in [1.807, 2.05) is 0 Å². The Labute approximate surface area is 159 Å². The predicted molar refractivity (Wildman–Crippen MR) is 100 cm³/mol. The molecule has 25 heavy (non-hydrogen) atoms. The highest BCUT2D eigenvalue weighted by Gasteiger charge is 2.19. The number of hydrogen-bond acceptors (Lipinski definition) is 7. The van der Waals surface area contributed by atoms with Gasteiger partial charge in [0.25, 0.3) is 5.24 Å². The normalized spacial score (nSPS) is 10.4. The summed E-state index contributed by atoms with van der Waals surface area (Å²) in [6.07, 6.45) is 0. The van der Waals surface area contributed by atoms with Crippen molar-refractivity contribution in [1.82, 2.24) is 9.88 Å². The monoisotopic (exact) mass is 400 g/mol. The van der Waals surface area contributed by atoms with Crippen LogP contribution in [0.1, 0.15) is 16.7 Å². The molecule has 0 aliphatic rings. The van der Waals surface area contributed by atoms with E-state index >= 15 is 0 Å². The summed E-state index contributed by atoms with van der Waals surface area (Å²) in [5.41, 5.74) is 1.28. The summed E-state index contributed by atoms with van der Waals surface area (Å²) in [6.45, 7) is 2.03. The molecule has 0 bridgehead atoms. The van der Waals surface area contributed by atoms with Crippen molar-refractivity contribution in [2.24, 2.45) is 0 Å². The molecular formula is C16H17ClN2O4S2. The highest BCUT2D eigenvalue weighted by atomic mass is 35.5. The van der Waals surface area contributed by atoms with Crippen LogP contribution in [-0.4, -0.2) is 48.9 Å². The fraction of sp³-hybridized carbons (Fsp3) is 0.312. The lowest BCUT2D eigenvalue weighted by Gasteiger charge is -2.14. The van der Waals surface area contributed by atoms with Crippen LogP contribution in [0.5, 0.6) is 5.75 Å². The van der Waals surface area contributed by atoms with E-state index in [0.717, 1.165) is 11.8 Å². The van der Waals surface area contributed by atoms with E-state index in [9.17, 15) is 9.59 Å². The van der Waals surface area contributed by atoms with E-state index in [-0.39, 0.29) is 10.2 Å². The summed E-state index contributed by atoms with van der Waals surface area (Å²) < 4.78 is 10.3. The molecule has 1 aromatic carbocycles. The lowest BCUT2D eigenvalue weighted by atomic mass is 10.1. The number of aromatic nitrogens is 1. The van der Waals surface area contributed by atoms with Gasteiger partial charge in [0.15, 0.2) is 0 Å². The van der Waals surface area contributed by atoms with Crippen LogP contribution in [0.25, 0.3) is 11.3 Å². The summed E-state index contributed by atoms with van der Waals surface area (Å²) in [7, 11) is 4.83. The maximum absolute atomic E-state index is 11.9. The number of ether oxygens (including phenoxy) is 2. The Morgan fingerprint density at radius 1 is 1.36 bits per heavy atom. The zero-order valence-electron chi connectivity index (χ0n) is 14.2. The van der Waals surface area contributed by atoms with Gasteiger partial charge in [0, 0.05) is 25.0 Å². The second kappa shape index (κ2) is 8.55. The van der Waals surface area contributed by atoms with E-state index in [0.29, 0.717) is 33.5 Å². The Kier molecular flexibility index (Phi) is 6.69. The number of rotatable bonds is 5. The Morgan fingerprint density at radius 2 is 2.08 bits per heavy atom. The Bertz CT molecular complexity index is 792. The first-order chi connectivity index (χ1) is 11.9. The third-order valence-electron chi connectivity index (χ3n) is 3.03. The maximum atomic E-state index is 11.9. The minimum Gasteiger partial charge on any atom is -0.495 e. The first kappa shape index (κ1) is 19.6. The summed E-state index contributed by atoms with van der Waals surface area (Å²) in [6, 6.07) is 3.43. The van der Waals surface area contributed by atoms with Gasteiger partial charge in [0.1, 0.15) is 5.75 Å². The molecule has 9 heteroatoms. The molecule has 1 heterocycles. The van der Waals surface area contributed by atoms with Crippen LogP contribution in [0.2, 0.25) is 5.02 Å². The summed E-state index contributed by atoms with van der Waals surface area (Å²) in [5, 5.41) is 2.23. The van der Waals surface area contributed by atoms with Crippen LogP contribution in [0.15, 0.2) is 22.4 Å². The summed E-state index contributed by atoms with van der Waals surface area (Å²) in [5.74, 6) is 0.00829. The maximum Gasteiger partial charge on any atom is 0.367 e. The van der Waals surface area contributed by atoms with E-state index in [1.165, 1.54) is 23.3 Å². The molecule has 0 aliphatic heterocycles. The zero-order valence-corrected chi connectivity index (χ0v) is 16.5. The van der Waals surface area contributed by atoms with Crippen molar-refractivity contribution in [2.45, 2.75) is 11.8 Å². The molecule has 2 aromatic rings. The number of halogens is 1. The second-order valence-electron chi connectivity index (χ2n) is 5.01. The van der Waals surface area contributed by atoms with Gasteiger partial charge in [-0.15, -0.1) is 11.3 Å².